The predicted molar refractivity (Wildman–Crippen MR) is 99.9 cm³/mol. The molecule has 1 aliphatic heterocycles. The Bertz CT molecular complexity index is 1040. The summed E-state index contributed by atoms with van der Waals surface area (Å²) in [5.74, 6) is -2.23. The van der Waals surface area contributed by atoms with E-state index in [2.05, 4.69) is 4.98 Å². The largest absolute Gasteiger partial charge is 0.340 e. The van der Waals surface area contributed by atoms with Crippen LogP contribution < -0.4 is 10.6 Å². The molecular formula is C19H17ClF4N4. The molecule has 2 heterocycles. The number of nitrogens with zero attached hydrogens (tertiary/aromatic N) is 3. The molecule has 0 amide bonds. The van der Waals surface area contributed by atoms with Crippen LogP contribution in [-0.2, 0) is 6.54 Å². The molecule has 2 atom stereocenters. The van der Waals surface area contributed by atoms with Gasteiger partial charge in [-0.3, -0.25) is 0 Å². The number of hydrogen-bond donors (Lipinski definition) is 1. The Hall–Kier alpha value is -2.32. The van der Waals surface area contributed by atoms with Crippen molar-refractivity contribution in [2.24, 2.45) is 5.73 Å². The summed E-state index contributed by atoms with van der Waals surface area (Å²) in [6.45, 7) is 0.551. The van der Waals surface area contributed by atoms with Gasteiger partial charge in [-0.05, 0) is 18.6 Å². The van der Waals surface area contributed by atoms with Crippen LogP contribution in [0, 0.1) is 17.5 Å². The van der Waals surface area contributed by atoms with Crippen molar-refractivity contribution in [2.75, 3.05) is 18.0 Å². The SMILES string of the molecule is N[C@@H]1CN(c2nc3cc(F)c(F)cc3n2Cc2ccc(Cl)cc2F)CCC1F. The fourth-order valence-electron chi connectivity index (χ4n) is 3.46. The van der Waals surface area contributed by atoms with Crippen LogP contribution in [-0.4, -0.2) is 34.9 Å². The number of aromatic nitrogens is 2. The number of anilines is 1. The molecule has 4 nitrogen and oxygen atoms in total. The van der Waals surface area contributed by atoms with Gasteiger partial charge in [0.1, 0.15) is 12.0 Å². The Kier molecular flexibility index (Phi) is 4.93. The smallest absolute Gasteiger partial charge is 0.206 e. The first-order chi connectivity index (χ1) is 13.3. The topological polar surface area (TPSA) is 47.1 Å². The summed E-state index contributed by atoms with van der Waals surface area (Å²) in [5, 5.41) is 0.251. The van der Waals surface area contributed by atoms with Crippen molar-refractivity contribution in [1.82, 2.24) is 9.55 Å². The van der Waals surface area contributed by atoms with E-state index in [1.807, 2.05) is 0 Å². The quantitative estimate of drug-likeness (QED) is 0.661. The van der Waals surface area contributed by atoms with Crippen LogP contribution in [0.1, 0.15) is 12.0 Å². The van der Waals surface area contributed by atoms with E-state index in [9.17, 15) is 17.6 Å². The number of nitrogens with two attached hydrogens (primary N) is 1. The third-order valence-corrected chi connectivity index (χ3v) is 5.20. The summed E-state index contributed by atoms with van der Waals surface area (Å²) >= 11 is 5.81. The van der Waals surface area contributed by atoms with E-state index in [1.165, 1.54) is 12.1 Å². The highest BCUT2D eigenvalue weighted by Gasteiger charge is 2.29. The van der Waals surface area contributed by atoms with Crippen molar-refractivity contribution < 1.29 is 17.6 Å². The minimum atomic E-state index is -1.13. The standard InChI is InChI=1S/C19H17ClF4N4/c20-11-2-1-10(13(22)5-11)8-28-18-7-15(24)14(23)6-17(18)26-19(28)27-4-3-12(21)16(25)9-27/h1-2,5-7,12,16H,3-4,8-9,25H2/t12?,16-/m1/s1. The molecule has 2 aromatic carbocycles. The van der Waals surface area contributed by atoms with Gasteiger partial charge in [0.25, 0.3) is 0 Å². The first-order valence-electron chi connectivity index (χ1n) is 8.77. The molecule has 1 aromatic heterocycles. The number of hydrogen-bond acceptors (Lipinski definition) is 3. The lowest BCUT2D eigenvalue weighted by molar-refractivity contribution is 0.243. The predicted octanol–water partition coefficient (Wildman–Crippen LogP) is 4.03. The molecule has 1 saturated heterocycles. The Labute approximate surface area is 163 Å². The minimum absolute atomic E-state index is 0.0186. The van der Waals surface area contributed by atoms with Crippen LogP contribution in [0.4, 0.5) is 23.5 Å². The average molecular weight is 413 g/mol. The Morgan fingerprint density at radius 2 is 1.86 bits per heavy atom. The normalized spacial score (nSPS) is 20.1. The highest BCUT2D eigenvalue weighted by atomic mass is 35.5. The molecule has 0 bridgehead atoms. The maximum atomic E-state index is 14.3. The van der Waals surface area contributed by atoms with Crippen LogP contribution in [0.15, 0.2) is 30.3 Å². The van der Waals surface area contributed by atoms with Gasteiger partial charge in [-0.25, -0.2) is 22.5 Å². The zero-order chi connectivity index (χ0) is 20.0. The fourth-order valence-corrected chi connectivity index (χ4v) is 3.62. The Morgan fingerprint density at radius 1 is 1.11 bits per heavy atom. The molecule has 1 aliphatic rings. The number of fused-ring (bicyclic) bond motifs is 1. The second-order valence-electron chi connectivity index (χ2n) is 6.90. The summed E-state index contributed by atoms with van der Waals surface area (Å²) in [6, 6.07) is 5.56. The van der Waals surface area contributed by atoms with Crippen molar-refractivity contribution in [3.8, 4) is 0 Å². The molecule has 3 aromatic rings. The van der Waals surface area contributed by atoms with Crippen LogP contribution in [0.3, 0.4) is 0 Å². The Morgan fingerprint density at radius 3 is 2.57 bits per heavy atom. The van der Waals surface area contributed by atoms with E-state index in [-0.39, 0.29) is 30.0 Å². The van der Waals surface area contributed by atoms with E-state index >= 15 is 0 Å². The van der Waals surface area contributed by atoms with Gasteiger partial charge < -0.3 is 15.2 Å². The second kappa shape index (κ2) is 7.25. The zero-order valence-electron chi connectivity index (χ0n) is 14.7. The summed E-state index contributed by atoms with van der Waals surface area (Å²) in [7, 11) is 0. The van der Waals surface area contributed by atoms with E-state index in [1.54, 1.807) is 15.5 Å². The van der Waals surface area contributed by atoms with Gasteiger partial charge in [-0.15, -0.1) is 0 Å². The maximum Gasteiger partial charge on any atom is 0.206 e. The summed E-state index contributed by atoms with van der Waals surface area (Å²) < 4.78 is 57.3. The molecule has 1 fully saturated rings. The van der Waals surface area contributed by atoms with Gasteiger partial charge in [0, 0.05) is 35.8 Å². The van der Waals surface area contributed by atoms with Gasteiger partial charge >= 0.3 is 0 Å². The number of benzene rings is 2. The van der Waals surface area contributed by atoms with E-state index in [0.29, 0.717) is 23.6 Å². The molecule has 0 radical (unpaired) electrons. The third-order valence-electron chi connectivity index (χ3n) is 4.97. The first-order valence-corrected chi connectivity index (χ1v) is 9.15. The van der Waals surface area contributed by atoms with Crippen molar-refractivity contribution in [2.45, 2.75) is 25.2 Å². The molecule has 0 saturated carbocycles. The third kappa shape index (κ3) is 3.42. The Balaban J connectivity index is 1.83. The molecule has 0 spiro atoms. The molecule has 4 rings (SSSR count). The number of rotatable bonds is 3. The van der Waals surface area contributed by atoms with Crippen LogP contribution in [0.2, 0.25) is 5.02 Å². The lowest BCUT2D eigenvalue weighted by Gasteiger charge is -2.34. The zero-order valence-corrected chi connectivity index (χ0v) is 15.4. The van der Waals surface area contributed by atoms with Gasteiger partial charge in [0.15, 0.2) is 11.6 Å². The van der Waals surface area contributed by atoms with Gasteiger partial charge in [-0.2, -0.15) is 0 Å². The number of imidazole rings is 1. The molecule has 28 heavy (non-hydrogen) atoms. The summed E-state index contributed by atoms with van der Waals surface area (Å²) in [6.07, 6.45) is -0.916. The molecule has 1 unspecified atom stereocenters. The highest BCUT2D eigenvalue weighted by Crippen LogP contribution is 2.29. The lowest BCUT2D eigenvalue weighted by atomic mass is 10.1. The minimum Gasteiger partial charge on any atom is -0.340 e. The molecular weight excluding hydrogens is 396 g/mol. The molecule has 0 aliphatic carbocycles. The maximum absolute atomic E-state index is 14.3. The lowest BCUT2D eigenvalue weighted by Crippen LogP contribution is -2.50. The van der Waals surface area contributed by atoms with Crippen molar-refractivity contribution in [1.29, 1.82) is 0 Å². The number of halogens is 5. The highest BCUT2D eigenvalue weighted by molar-refractivity contribution is 6.30. The summed E-state index contributed by atoms with van der Waals surface area (Å²) in [5.41, 5.74) is 6.67. The van der Waals surface area contributed by atoms with Crippen molar-refractivity contribution >= 4 is 28.6 Å². The summed E-state index contributed by atoms with van der Waals surface area (Å²) in [4.78, 5) is 6.15. The monoisotopic (exact) mass is 412 g/mol. The number of alkyl halides is 1. The van der Waals surface area contributed by atoms with Gasteiger partial charge in [0.2, 0.25) is 5.95 Å². The molecule has 2 N–H and O–H groups in total. The van der Waals surface area contributed by atoms with Crippen molar-refractivity contribution in [3.05, 3.63) is 58.4 Å². The van der Waals surface area contributed by atoms with E-state index in [0.717, 1.165) is 12.1 Å². The van der Waals surface area contributed by atoms with Crippen LogP contribution in [0.5, 0.6) is 0 Å². The van der Waals surface area contributed by atoms with Crippen molar-refractivity contribution in [3.63, 3.8) is 0 Å². The van der Waals surface area contributed by atoms with Gasteiger partial charge in [-0.1, -0.05) is 17.7 Å². The second-order valence-corrected chi connectivity index (χ2v) is 7.34. The molecule has 148 valence electrons. The van der Waals surface area contributed by atoms with Crippen LogP contribution in [0.25, 0.3) is 11.0 Å². The molecule has 9 heteroatoms. The van der Waals surface area contributed by atoms with Crippen LogP contribution >= 0.6 is 11.6 Å². The van der Waals surface area contributed by atoms with Gasteiger partial charge in [0.05, 0.1) is 23.6 Å². The van der Waals surface area contributed by atoms with E-state index < -0.39 is 29.7 Å². The average Bonchev–Trinajstić information content (AvgIpc) is 2.97. The fraction of sp³-hybridized carbons (Fsp3) is 0.316. The first kappa shape index (κ1) is 19.0. The number of piperidine rings is 1. The van der Waals surface area contributed by atoms with E-state index in [4.69, 9.17) is 17.3 Å².